The molecule has 2 aliphatic heterocycles. The Morgan fingerprint density at radius 3 is 2.66 bits per heavy atom. The molecule has 2 aromatic rings. The van der Waals surface area contributed by atoms with Gasteiger partial charge in [-0.25, -0.2) is 9.18 Å². The lowest BCUT2D eigenvalue weighted by atomic mass is 9.96. The van der Waals surface area contributed by atoms with E-state index in [1.54, 1.807) is 51.1 Å². The number of ether oxygens (including phenoxy) is 2. The molecule has 8 nitrogen and oxygen atoms in total. The summed E-state index contributed by atoms with van der Waals surface area (Å²) in [6.45, 7) is 5.33. The third kappa shape index (κ3) is 5.08. The number of esters is 1. The van der Waals surface area contributed by atoms with E-state index in [4.69, 9.17) is 9.47 Å². The maximum atomic E-state index is 15.1. The normalized spacial score (nSPS) is 22.4. The quantitative estimate of drug-likeness (QED) is 0.466. The van der Waals surface area contributed by atoms with E-state index in [0.717, 1.165) is 30.4 Å². The van der Waals surface area contributed by atoms with Gasteiger partial charge in [0, 0.05) is 18.0 Å². The van der Waals surface area contributed by atoms with Crippen LogP contribution in [0.5, 0.6) is 5.75 Å². The summed E-state index contributed by atoms with van der Waals surface area (Å²) >= 11 is 0. The summed E-state index contributed by atoms with van der Waals surface area (Å²) in [7, 11) is 0. The molecule has 3 unspecified atom stereocenters. The number of piperidine rings is 1. The monoisotopic (exact) mass is 519 g/mol. The number of nitrogens with one attached hydrogen (secondary N) is 1. The van der Waals surface area contributed by atoms with E-state index in [1.807, 2.05) is 0 Å². The predicted octanol–water partition coefficient (Wildman–Crippen LogP) is 4.29. The van der Waals surface area contributed by atoms with Crippen molar-refractivity contribution < 1.29 is 28.2 Å². The molecular weight excluding hydrogens is 489 g/mol. The van der Waals surface area contributed by atoms with Gasteiger partial charge in [0.25, 0.3) is 0 Å². The highest BCUT2D eigenvalue weighted by atomic mass is 19.1. The van der Waals surface area contributed by atoms with Crippen LogP contribution in [0.15, 0.2) is 36.4 Å². The molecule has 0 radical (unpaired) electrons. The number of carbonyl (C=O) groups excluding carboxylic acids is 3. The zero-order valence-electron chi connectivity index (χ0n) is 21.6. The number of likely N-dealkylation sites (tertiary alicyclic amines) is 1. The molecule has 2 fully saturated rings. The topological polar surface area (TPSA) is 109 Å². The van der Waals surface area contributed by atoms with Gasteiger partial charge >= 0.3 is 12.1 Å². The summed E-state index contributed by atoms with van der Waals surface area (Å²) in [5.41, 5.74) is 1.73. The number of benzene rings is 2. The van der Waals surface area contributed by atoms with E-state index in [9.17, 15) is 19.6 Å². The summed E-state index contributed by atoms with van der Waals surface area (Å²) in [6.07, 6.45) is 2.02. The zero-order valence-corrected chi connectivity index (χ0v) is 21.6. The molecule has 1 saturated heterocycles. The number of fused-ring (bicyclic) bond motifs is 3. The smallest absolute Gasteiger partial charge is 0.411 e. The average molecular weight is 520 g/mol. The first-order valence-corrected chi connectivity index (χ1v) is 12.9. The maximum Gasteiger partial charge on any atom is 0.411 e. The molecule has 2 aromatic carbocycles. The van der Waals surface area contributed by atoms with Gasteiger partial charge in [0.2, 0.25) is 5.91 Å². The van der Waals surface area contributed by atoms with Crippen molar-refractivity contribution in [1.29, 1.82) is 5.26 Å². The van der Waals surface area contributed by atoms with Crippen LogP contribution < -0.4 is 10.1 Å². The fourth-order valence-corrected chi connectivity index (χ4v) is 5.71. The number of hydrogen-bond donors (Lipinski definition) is 1. The molecule has 2 bridgehead atoms. The molecule has 2 heterocycles. The molecule has 0 aromatic heterocycles. The van der Waals surface area contributed by atoms with Crippen LogP contribution in [0.3, 0.4) is 0 Å². The molecule has 38 heavy (non-hydrogen) atoms. The van der Waals surface area contributed by atoms with Crippen molar-refractivity contribution in [2.24, 2.45) is 5.92 Å². The van der Waals surface area contributed by atoms with Crippen molar-refractivity contribution in [1.82, 2.24) is 10.2 Å². The zero-order chi connectivity index (χ0) is 27.2. The largest absolute Gasteiger partial charge is 0.444 e. The van der Waals surface area contributed by atoms with E-state index in [-0.39, 0.29) is 36.3 Å². The van der Waals surface area contributed by atoms with E-state index in [0.29, 0.717) is 11.3 Å². The summed E-state index contributed by atoms with van der Waals surface area (Å²) < 4.78 is 25.7. The van der Waals surface area contributed by atoms with Gasteiger partial charge in [-0.1, -0.05) is 18.2 Å². The number of nitriles is 1. The minimum Gasteiger partial charge on any atom is -0.444 e. The van der Waals surface area contributed by atoms with Gasteiger partial charge in [0.05, 0.1) is 12.5 Å². The molecule has 198 valence electrons. The Kier molecular flexibility index (Phi) is 6.59. The highest BCUT2D eigenvalue weighted by Crippen LogP contribution is 2.43. The third-order valence-corrected chi connectivity index (χ3v) is 7.36. The van der Waals surface area contributed by atoms with Crippen molar-refractivity contribution in [3.8, 4) is 22.9 Å². The molecule has 2 amide bonds. The maximum absolute atomic E-state index is 15.1. The van der Waals surface area contributed by atoms with Crippen LogP contribution >= 0.6 is 0 Å². The lowest BCUT2D eigenvalue weighted by molar-refractivity contribution is -0.132. The van der Waals surface area contributed by atoms with Gasteiger partial charge in [-0.15, -0.1) is 0 Å². The molecule has 3 aliphatic rings. The number of nitrogens with zero attached hydrogens (tertiary/aromatic N) is 2. The number of halogens is 1. The molecular formula is C29H30FN3O5. The number of hydrogen-bond acceptors (Lipinski definition) is 6. The second-order valence-electron chi connectivity index (χ2n) is 11.2. The SMILES string of the molecule is CC(C)(C)OC(=O)N1C2CCC(C2)C1C(=O)N[C@H](C#N)Cc1ccc(-c2ccc3c(c2)CC(=O)O3)cc1F. The predicted molar refractivity (Wildman–Crippen MR) is 135 cm³/mol. The summed E-state index contributed by atoms with van der Waals surface area (Å²) in [6, 6.07) is 10.3. The van der Waals surface area contributed by atoms with Crippen molar-refractivity contribution in [2.45, 2.75) is 76.6 Å². The highest BCUT2D eigenvalue weighted by molar-refractivity contribution is 5.87. The number of carbonyl (C=O) groups is 3. The molecule has 1 aliphatic carbocycles. The van der Waals surface area contributed by atoms with Gasteiger partial charge in [-0.2, -0.15) is 5.26 Å². The van der Waals surface area contributed by atoms with Crippen molar-refractivity contribution >= 4 is 18.0 Å². The van der Waals surface area contributed by atoms with Crippen molar-refractivity contribution in [3.05, 3.63) is 53.3 Å². The molecule has 1 N–H and O–H groups in total. The van der Waals surface area contributed by atoms with E-state index in [2.05, 4.69) is 11.4 Å². The van der Waals surface area contributed by atoms with E-state index in [1.165, 1.54) is 11.0 Å². The van der Waals surface area contributed by atoms with Crippen LogP contribution in [0.25, 0.3) is 11.1 Å². The van der Waals surface area contributed by atoms with Crippen molar-refractivity contribution in [3.63, 3.8) is 0 Å². The van der Waals surface area contributed by atoms with Crippen LogP contribution in [0.4, 0.5) is 9.18 Å². The highest BCUT2D eigenvalue weighted by Gasteiger charge is 2.52. The van der Waals surface area contributed by atoms with E-state index < -0.39 is 35.5 Å². The minimum absolute atomic E-state index is 0.0101. The Balaban J connectivity index is 1.27. The molecule has 5 rings (SSSR count). The summed E-state index contributed by atoms with van der Waals surface area (Å²) in [5, 5.41) is 12.5. The van der Waals surface area contributed by atoms with Crippen LogP contribution in [0, 0.1) is 23.1 Å². The average Bonchev–Trinajstić information content (AvgIpc) is 3.56. The first-order chi connectivity index (χ1) is 18.0. The second-order valence-corrected chi connectivity index (χ2v) is 11.2. The first kappa shape index (κ1) is 25.7. The fraction of sp³-hybridized carbons (Fsp3) is 0.448. The van der Waals surface area contributed by atoms with Crippen molar-refractivity contribution in [2.75, 3.05) is 0 Å². The van der Waals surface area contributed by atoms with Crippen LogP contribution in [0.2, 0.25) is 0 Å². The Morgan fingerprint density at radius 1 is 1.21 bits per heavy atom. The number of amides is 2. The van der Waals surface area contributed by atoms with Crippen LogP contribution in [0.1, 0.15) is 51.2 Å². The second kappa shape index (κ2) is 9.75. The molecule has 4 atom stereocenters. The standard InChI is InChI=1S/C29H30FN3O5/c1-29(2,3)38-28(36)33-22-8-6-19(12-22)26(33)27(35)32-21(15-31)11-18-5-4-17(13-23(18)30)16-7-9-24-20(10-16)14-25(34)37-24/h4-5,7,9-10,13,19,21-22,26H,6,8,11-12,14H2,1-3H3,(H,32,35)/t19?,21-,22?,26?/m0/s1. The lowest BCUT2D eigenvalue weighted by Crippen LogP contribution is -2.55. The Hall–Kier alpha value is -3.93. The first-order valence-electron chi connectivity index (χ1n) is 12.9. The molecule has 0 spiro atoms. The van der Waals surface area contributed by atoms with Gasteiger partial charge in [-0.3, -0.25) is 14.5 Å². The minimum atomic E-state index is -0.967. The Bertz CT molecular complexity index is 1340. The third-order valence-electron chi connectivity index (χ3n) is 7.36. The van der Waals surface area contributed by atoms with Crippen LogP contribution in [-0.2, 0) is 27.2 Å². The van der Waals surface area contributed by atoms with E-state index >= 15 is 4.39 Å². The Morgan fingerprint density at radius 2 is 1.95 bits per heavy atom. The fourth-order valence-electron chi connectivity index (χ4n) is 5.71. The van der Waals surface area contributed by atoms with Crippen LogP contribution in [-0.4, -0.2) is 46.6 Å². The van der Waals surface area contributed by atoms with Gasteiger partial charge in [-0.05, 0) is 80.8 Å². The Labute approximate surface area is 220 Å². The summed E-state index contributed by atoms with van der Waals surface area (Å²) in [4.78, 5) is 39.2. The van der Waals surface area contributed by atoms with Gasteiger partial charge < -0.3 is 14.8 Å². The summed E-state index contributed by atoms with van der Waals surface area (Å²) in [5.74, 6) is -0.704. The molecule has 9 heteroatoms. The van der Waals surface area contributed by atoms with Gasteiger partial charge in [0.15, 0.2) is 0 Å². The molecule has 1 saturated carbocycles. The van der Waals surface area contributed by atoms with Gasteiger partial charge in [0.1, 0.15) is 29.3 Å². The number of rotatable bonds is 5. The lowest BCUT2D eigenvalue weighted by Gasteiger charge is -2.35.